The minimum atomic E-state index is -0.467. The Bertz CT molecular complexity index is 2320. The number of hydrogen-bond acceptors (Lipinski definition) is 10. The normalized spacial score (nSPS) is 19.7. The van der Waals surface area contributed by atoms with Gasteiger partial charge in [-0.25, -0.2) is 23.9 Å². The number of imidazole rings is 2. The molecule has 3 fully saturated rings. The van der Waals surface area contributed by atoms with Crippen molar-refractivity contribution in [1.29, 1.82) is 0 Å². The maximum atomic E-state index is 14.1. The number of piperazine rings is 1. The van der Waals surface area contributed by atoms with Crippen molar-refractivity contribution in [3.8, 4) is 17.1 Å². The maximum Gasteiger partial charge on any atom is 0.249 e. The molecule has 13 nitrogen and oxygen atoms in total. The lowest BCUT2D eigenvalue weighted by Gasteiger charge is -2.35. The fourth-order valence-electron chi connectivity index (χ4n) is 7.86. The van der Waals surface area contributed by atoms with Gasteiger partial charge in [-0.05, 0) is 73.4 Å². The highest BCUT2D eigenvalue weighted by Crippen LogP contribution is 2.36. The second-order valence-electron chi connectivity index (χ2n) is 13.8. The lowest BCUT2D eigenvalue weighted by Crippen LogP contribution is -2.47. The summed E-state index contributed by atoms with van der Waals surface area (Å²) in [5, 5.41) is 7.45. The van der Waals surface area contributed by atoms with E-state index in [2.05, 4.69) is 30.0 Å². The van der Waals surface area contributed by atoms with Crippen LogP contribution in [0.15, 0.2) is 85.3 Å². The van der Waals surface area contributed by atoms with Crippen molar-refractivity contribution in [3.05, 3.63) is 96.7 Å². The number of ether oxygens (including phenoxy) is 1. The number of nitrogens with zero attached hydrogens (tertiary/aromatic N) is 9. The third-order valence-electron chi connectivity index (χ3n) is 10.6. The first kappa shape index (κ1) is 33.0. The molecule has 1 unspecified atom stereocenters. The van der Waals surface area contributed by atoms with Gasteiger partial charge < -0.3 is 19.1 Å². The summed E-state index contributed by atoms with van der Waals surface area (Å²) in [6.45, 7) is 5.51. The molecule has 3 aliphatic heterocycles. The molecule has 53 heavy (non-hydrogen) atoms. The highest BCUT2D eigenvalue weighted by atomic mass is 19.1. The van der Waals surface area contributed by atoms with E-state index < -0.39 is 6.04 Å². The van der Waals surface area contributed by atoms with Crippen LogP contribution in [0.3, 0.4) is 0 Å². The summed E-state index contributed by atoms with van der Waals surface area (Å²) in [5.74, 6) is 1.66. The number of halogens is 1. The fourth-order valence-corrected chi connectivity index (χ4v) is 7.86. The van der Waals surface area contributed by atoms with Gasteiger partial charge in [0, 0.05) is 45.7 Å². The molecule has 0 saturated carbocycles. The molecule has 4 aromatic heterocycles. The number of rotatable bonds is 9. The number of benzene rings is 2. The zero-order chi connectivity index (χ0) is 35.9. The number of aromatic nitrogens is 6. The van der Waals surface area contributed by atoms with Gasteiger partial charge in [-0.1, -0.05) is 24.3 Å². The molecule has 1 N–H and O–H groups in total. The molecule has 0 radical (unpaired) electrons. The average Bonchev–Trinajstić information content (AvgIpc) is 3.94. The number of anilines is 2. The van der Waals surface area contributed by atoms with Crippen LogP contribution in [0, 0.1) is 5.82 Å². The summed E-state index contributed by atoms with van der Waals surface area (Å²) in [6.07, 6.45) is 6.19. The van der Waals surface area contributed by atoms with E-state index in [0.29, 0.717) is 30.7 Å². The number of fused-ring (bicyclic) bond motifs is 2. The van der Waals surface area contributed by atoms with Crippen molar-refractivity contribution in [1.82, 2.24) is 39.3 Å². The van der Waals surface area contributed by atoms with E-state index in [4.69, 9.17) is 14.8 Å². The van der Waals surface area contributed by atoms with Gasteiger partial charge in [-0.2, -0.15) is 0 Å². The summed E-state index contributed by atoms with van der Waals surface area (Å²) < 4.78 is 24.0. The first-order valence-corrected chi connectivity index (χ1v) is 18.2. The molecule has 7 heterocycles. The monoisotopic (exact) mass is 714 g/mol. The van der Waals surface area contributed by atoms with Gasteiger partial charge in [-0.15, -0.1) is 5.10 Å². The number of carbonyl (C=O) groups excluding carboxylic acids is 2. The van der Waals surface area contributed by atoms with Crippen LogP contribution < -0.4 is 19.9 Å². The number of nitrogens with one attached hydrogen (secondary N) is 1. The molecule has 0 bridgehead atoms. The first-order chi connectivity index (χ1) is 26.0. The molecule has 0 spiro atoms. The minimum Gasteiger partial charge on any atom is -0.490 e. The Labute approximate surface area is 305 Å². The average molecular weight is 715 g/mol. The highest BCUT2D eigenvalue weighted by Gasteiger charge is 2.30. The Morgan fingerprint density at radius 1 is 0.868 bits per heavy atom. The first-order valence-electron chi connectivity index (χ1n) is 18.2. The summed E-state index contributed by atoms with van der Waals surface area (Å²) in [7, 11) is 0. The lowest BCUT2D eigenvalue weighted by atomic mass is 10.0. The number of para-hydroxylation sites is 1. The third kappa shape index (κ3) is 6.43. The molecule has 0 aliphatic carbocycles. The second kappa shape index (κ2) is 13.9. The number of hydrogen-bond donors (Lipinski definition) is 1. The van der Waals surface area contributed by atoms with E-state index in [0.717, 1.165) is 91.9 Å². The second-order valence-corrected chi connectivity index (χ2v) is 13.8. The molecule has 2 atom stereocenters. The Morgan fingerprint density at radius 2 is 1.74 bits per heavy atom. The number of pyridine rings is 1. The van der Waals surface area contributed by atoms with Crippen molar-refractivity contribution in [2.24, 2.45) is 0 Å². The minimum absolute atomic E-state index is 0.0698. The van der Waals surface area contributed by atoms with E-state index in [9.17, 15) is 14.0 Å². The summed E-state index contributed by atoms with van der Waals surface area (Å²) in [5.41, 5.74) is 4.83. The molecule has 270 valence electrons. The fraction of sp³-hybridized carbons (Fsp3) is 0.333. The van der Waals surface area contributed by atoms with Crippen molar-refractivity contribution in [2.75, 3.05) is 55.7 Å². The van der Waals surface area contributed by atoms with Gasteiger partial charge in [0.25, 0.3) is 0 Å². The summed E-state index contributed by atoms with van der Waals surface area (Å²) in [6, 6.07) is 22.2. The van der Waals surface area contributed by atoms with E-state index in [1.807, 2.05) is 69.9 Å². The van der Waals surface area contributed by atoms with E-state index in [1.165, 1.54) is 6.07 Å². The van der Waals surface area contributed by atoms with Crippen LogP contribution in [0.1, 0.15) is 43.3 Å². The Kier molecular flexibility index (Phi) is 8.66. The van der Waals surface area contributed by atoms with Gasteiger partial charge in [-0.3, -0.25) is 19.8 Å². The van der Waals surface area contributed by atoms with Crippen molar-refractivity contribution >= 4 is 40.1 Å². The van der Waals surface area contributed by atoms with Crippen molar-refractivity contribution in [2.45, 2.75) is 37.8 Å². The number of carbonyl (C=O) groups is 2. The molecule has 9 rings (SSSR count). The zero-order valence-electron chi connectivity index (χ0n) is 29.1. The van der Waals surface area contributed by atoms with Crippen LogP contribution >= 0.6 is 0 Å². The molecule has 6 aromatic rings. The maximum absolute atomic E-state index is 14.1. The van der Waals surface area contributed by atoms with Gasteiger partial charge in [0.2, 0.25) is 11.8 Å². The van der Waals surface area contributed by atoms with Gasteiger partial charge in [0.15, 0.2) is 5.65 Å². The molecule has 2 amide bonds. The largest absolute Gasteiger partial charge is 0.490 e. The van der Waals surface area contributed by atoms with Crippen molar-refractivity contribution in [3.63, 3.8) is 0 Å². The summed E-state index contributed by atoms with van der Waals surface area (Å²) in [4.78, 5) is 45.3. The molecule has 3 saturated heterocycles. The predicted molar refractivity (Wildman–Crippen MR) is 197 cm³/mol. The number of piperidine rings is 1. The summed E-state index contributed by atoms with van der Waals surface area (Å²) >= 11 is 0. The molecular formula is C39H39FN10O3. The van der Waals surface area contributed by atoms with Crippen molar-refractivity contribution < 1.29 is 18.7 Å². The quantitative estimate of drug-likeness (QED) is 0.209. The molecule has 2 aromatic carbocycles. The van der Waals surface area contributed by atoms with Crippen LogP contribution in [0.5, 0.6) is 5.75 Å². The van der Waals surface area contributed by atoms with Gasteiger partial charge >= 0.3 is 0 Å². The van der Waals surface area contributed by atoms with Crippen LogP contribution in [-0.2, 0) is 9.59 Å². The van der Waals surface area contributed by atoms with Crippen LogP contribution in [0.2, 0.25) is 0 Å². The van der Waals surface area contributed by atoms with E-state index in [1.54, 1.807) is 18.5 Å². The van der Waals surface area contributed by atoms with Gasteiger partial charge in [0.05, 0.1) is 29.8 Å². The Morgan fingerprint density at radius 3 is 2.60 bits per heavy atom. The Balaban J connectivity index is 0.836. The van der Waals surface area contributed by atoms with Crippen LogP contribution in [-0.4, -0.2) is 91.7 Å². The third-order valence-corrected chi connectivity index (χ3v) is 10.6. The number of imide groups is 1. The van der Waals surface area contributed by atoms with E-state index in [-0.39, 0.29) is 23.7 Å². The molecule has 3 aliphatic rings. The SMILES string of the molecule is O=C1CCC(n2cnc3c(OCCN4CCN(c5cccc(-c6cnc7ccc(N8CCC[C@@H]8c8cccc(F)c8)nn67)n5)CC4)cccc32)C(=O)N1. The molecule has 14 heteroatoms. The van der Waals surface area contributed by atoms with Crippen LogP contribution in [0.4, 0.5) is 16.0 Å². The van der Waals surface area contributed by atoms with Crippen LogP contribution in [0.25, 0.3) is 28.1 Å². The highest BCUT2D eigenvalue weighted by molar-refractivity contribution is 6.00. The standard InChI is InChI=1S/C39H39FN10O3/c40-27-6-1-5-26(23-27)29-9-4-16-48(29)36-14-13-34-41-24-32(50(34)45-36)28-7-2-11-35(43-28)47-19-17-46(18-20-47)21-22-53-33-10-3-8-30-38(33)42-25-49(30)31-12-15-37(51)44-39(31)52/h1-3,5-8,10-11,13-14,23-25,29,31H,4,9,12,15-22H2,(H,44,51,52)/t29-,31?/m1/s1. The Hall–Kier alpha value is -5.89. The smallest absolute Gasteiger partial charge is 0.249 e. The number of amides is 2. The molecular weight excluding hydrogens is 675 g/mol. The van der Waals surface area contributed by atoms with Gasteiger partial charge in [0.1, 0.15) is 47.1 Å². The van der Waals surface area contributed by atoms with E-state index >= 15 is 0 Å². The predicted octanol–water partition coefficient (Wildman–Crippen LogP) is 4.80. The zero-order valence-corrected chi connectivity index (χ0v) is 29.1. The topological polar surface area (TPSA) is 126 Å². The lowest BCUT2D eigenvalue weighted by molar-refractivity contribution is -0.135.